The second-order valence-corrected chi connectivity index (χ2v) is 5.64. The van der Waals surface area contributed by atoms with E-state index in [2.05, 4.69) is 15.3 Å². The number of thioether (sulfide) groups is 1. The number of rotatable bonds is 6. The largest absolute Gasteiger partial charge is 0.465 e. The van der Waals surface area contributed by atoms with Crippen molar-refractivity contribution in [2.24, 2.45) is 5.11 Å². The average molecular weight is 272 g/mol. The lowest BCUT2D eigenvalue weighted by Crippen LogP contribution is -2.61. The van der Waals surface area contributed by atoms with Crippen molar-refractivity contribution in [3.05, 3.63) is 10.4 Å². The maximum Gasteiger partial charge on any atom is 0.327 e. The number of hydrogen-bond acceptors (Lipinski definition) is 5. The van der Waals surface area contributed by atoms with E-state index in [1.54, 1.807) is 11.8 Å². The minimum Gasteiger partial charge on any atom is -0.465 e. The number of ether oxygens (including phenoxy) is 1. The lowest BCUT2D eigenvalue weighted by Gasteiger charge is -2.40. The van der Waals surface area contributed by atoms with Gasteiger partial charge in [-0.1, -0.05) is 12.0 Å². The first-order valence-corrected chi connectivity index (χ1v) is 7.27. The average Bonchev–Trinajstić information content (AvgIpc) is 2.37. The molecule has 0 spiro atoms. The first kappa shape index (κ1) is 15.1. The summed E-state index contributed by atoms with van der Waals surface area (Å²) in [6.07, 6.45) is 1.76. The fourth-order valence-corrected chi connectivity index (χ4v) is 3.41. The summed E-state index contributed by atoms with van der Waals surface area (Å²) in [5.74, 6) is 0.881. The summed E-state index contributed by atoms with van der Waals surface area (Å²) in [4.78, 5) is 14.9. The van der Waals surface area contributed by atoms with Crippen LogP contribution in [0.1, 0.15) is 26.7 Å². The van der Waals surface area contributed by atoms with Crippen molar-refractivity contribution in [1.82, 2.24) is 5.32 Å². The second kappa shape index (κ2) is 7.51. The molecule has 1 fully saturated rings. The van der Waals surface area contributed by atoms with Gasteiger partial charge in [-0.3, -0.25) is 4.79 Å². The van der Waals surface area contributed by atoms with Crippen LogP contribution in [0.5, 0.6) is 0 Å². The third-order valence-corrected chi connectivity index (χ3v) is 4.56. The Hall–Kier alpha value is -0.910. The van der Waals surface area contributed by atoms with Crippen molar-refractivity contribution < 1.29 is 9.53 Å². The number of hydrogen-bond donors (Lipinski definition) is 1. The normalized spacial score (nSPS) is 27.3. The van der Waals surface area contributed by atoms with Gasteiger partial charge in [0.1, 0.15) is 5.54 Å². The van der Waals surface area contributed by atoms with Gasteiger partial charge in [-0.25, -0.2) is 0 Å². The Morgan fingerprint density at radius 1 is 1.72 bits per heavy atom. The molecule has 0 saturated carbocycles. The molecule has 0 radical (unpaired) electrons. The van der Waals surface area contributed by atoms with E-state index in [0.717, 1.165) is 18.6 Å². The van der Waals surface area contributed by atoms with Gasteiger partial charge >= 0.3 is 5.97 Å². The minimum absolute atomic E-state index is 0.163. The van der Waals surface area contributed by atoms with Crippen LogP contribution in [0.2, 0.25) is 0 Å². The Balaban J connectivity index is 2.72. The van der Waals surface area contributed by atoms with Crippen LogP contribution in [0.25, 0.3) is 10.4 Å². The van der Waals surface area contributed by atoms with Gasteiger partial charge in [0.15, 0.2) is 0 Å². The highest BCUT2D eigenvalue weighted by Crippen LogP contribution is 2.35. The van der Waals surface area contributed by atoms with Crippen LogP contribution < -0.4 is 5.32 Å². The molecule has 0 amide bonds. The summed E-state index contributed by atoms with van der Waals surface area (Å²) < 4.78 is 5.19. The Kier molecular flexibility index (Phi) is 6.32. The van der Waals surface area contributed by atoms with Gasteiger partial charge in [-0.05, 0) is 31.0 Å². The molecular formula is C11H20N4O2S. The van der Waals surface area contributed by atoms with E-state index in [1.807, 2.05) is 13.8 Å². The molecule has 1 aliphatic heterocycles. The molecule has 1 heterocycles. The topological polar surface area (TPSA) is 87.1 Å². The fraction of sp³-hybridized carbons (Fsp3) is 0.909. The third-order valence-electron chi connectivity index (χ3n) is 3.13. The van der Waals surface area contributed by atoms with Crippen LogP contribution in [0, 0.1) is 0 Å². The SMILES string of the molecule is CCOC(=O)C1(NCCN=[N+]=[N-])CCCSC1C. The Morgan fingerprint density at radius 2 is 2.50 bits per heavy atom. The zero-order chi connectivity index (χ0) is 13.4. The van der Waals surface area contributed by atoms with Gasteiger partial charge < -0.3 is 10.1 Å². The van der Waals surface area contributed by atoms with E-state index in [0.29, 0.717) is 19.7 Å². The predicted molar refractivity (Wildman–Crippen MR) is 72.5 cm³/mol. The fourth-order valence-electron chi connectivity index (χ4n) is 2.16. The Bertz CT molecular complexity index is 333. The number of carbonyl (C=O) groups excluding carboxylic acids is 1. The van der Waals surface area contributed by atoms with Gasteiger partial charge in [0.05, 0.1) is 6.61 Å². The van der Waals surface area contributed by atoms with E-state index in [-0.39, 0.29) is 11.2 Å². The van der Waals surface area contributed by atoms with Gasteiger partial charge in [-0.2, -0.15) is 11.8 Å². The van der Waals surface area contributed by atoms with Gasteiger partial charge in [0.25, 0.3) is 0 Å². The second-order valence-electron chi connectivity index (χ2n) is 4.19. The highest BCUT2D eigenvalue weighted by Gasteiger charge is 2.46. The summed E-state index contributed by atoms with van der Waals surface area (Å²) in [5, 5.41) is 6.88. The molecule has 1 aliphatic rings. The van der Waals surface area contributed by atoms with E-state index < -0.39 is 5.54 Å². The Morgan fingerprint density at radius 3 is 3.11 bits per heavy atom. The molecule has 6 nitrogen and oxygen atoms in total. The molecule has 2 atom stereocenters. The maximum absolute atomic E-state index is 12.2. The van der Waals surface area contributed by atoms with Crippen molar-refractivity contribution in [3.63, 3.8) is 0 Å². The van der Waals surface area contributed by atoms with Crippen molar-refractivity contribution in [3.8, 4) is 0 Å². The molecule has 0 bridgehead atoms. The highest BCUT2D eigenvalue weighted by atomic mass is 32.2. The smallest absolute Gasteiger partial charge is 0.327 e. The highest BCUT2D eigenvalue weighted by molar-refractivity contribution is 8.00. The maximum atomic E-state index is 12.2. The summed E-state index contributed by atoms with van der Waals surface area (Å²) in [5.41, 5.74) is 7.61. The van der Waals surface area contributed by atoms with Gasteiger partial charge in [0, 0.05) is 23.3 Å². The van der Waals surface area contributed by atoms with E-state index in [9.17, 15) is 4.79 Å². The van der Waals surface area contributed by atoms with Crippen molar-refractivity contribution in [1.29, 1.82) is 0 Å². The van der Waals surface area contributed by atoms with Crippen LogP contribution in [0.3, 0.4) is 0 Å². The molecule has 0 aromatic carbocycles. The van der Waals surface area contributed by atoms with Crippen molar-refractivity contribution in [2.45, 2.75) is 37.5 Å². The minimum atomic E-state index is -0.635. The molecule has 102 valence electrons. The monoisotopic (exact) mass is 272 g/mol. The molecule has 1 N–H and O–H groups in total. The number of esters is 1. The van der Waals surface area contributed by atoms with Crippen LogP contribution in [-0.2, 0) is 9.53 Å². The quantitative estimate of drug-likeness (QED) is 0.264. The summed E-state index contributed by atoms with van der Waals surface area (Å²) >= 11 is 1.78. The molecule has 1 saturated heterocycles. The molecule has 0 aromatic rings. The van der Waals surface area contributed by atoms with E-state index in [4.69, 9.17) is 10.3 Å². The van der Waals surface area contributed by atoms with Gasteiger partial charge in [-0.15, -0.1) is 0 Å². The molecule has 2 unspecified atom stereocenters. The summed E-state index contributed by atoms with van der Waals surface area (Å²) in [6, 6.07) is 0. The summed E-state index contributed by atoms with van der Waals surface area (Å²) in [6.45, 7) is 5.08. The standard InChI is InChI=1S/C11H20N4O2S/c1-3-17-10(16)11(13-6-7-14-15-12)5-4-8-18-9(11)2/h9,13H,3-8H2,1-2H3. The molecule has 1 rings (SSSR count). The zero-order valence-electron chi connectivity index (χ0n) is 10.9. The van der Waals surface area contributed by atoms with Crippen LogP contribution in [-0.4, -0.2) is 42.2 Å². The number of nitrogens with one attached hydrogen (secondary N) is 1. The first-order chi connectivity index (χ1) is 8.67. The van der Waals surface area contributed by atoms with Crippen molar-refractivity contribution >= 4 is 17.7 Å². The summed E-state index contributed by atoms with van der Waals surface area (Å²) in [7, 11) is 0. The molecule has 0 aromatic heterocycles. The molecule has 7 heteroatoms. The van der Waals surface area contributed by atoms with Crippen LogP contribution >= 0.6 is 11.8 Å². The Labute approximate surface area is 111 Å². The number of azide groups is 1. The van der Waals surface area contributed by atoms with E-state index in [1.165, 1.54) is 0 Å². The van der Waals surface area contributed by atoms with Gasteiger partial charge in [0.2, 0.25) is 0 Å². The van der Waals surface area contributed by atoms with Crippen LogP contribution in [0.4, 0.5) is 0 Å². The predicted octanol–water partition coefficient (Wildman–Crippen LogP) is 2.10. The number of nitrogens with zero attached hydrogens (tertiary/aromatic N) is 3. The number of carbonyl (C=O) groups is 1. The molecule has 18 heavy (non-hydrogen) atoms. The first-order valence-electron chi connectivity index (χ1n) is 6.22. The molecule has 0 aliphatic carbocycles. The zero-order valence-corrected chi connectivity index (χ0v) is 11.7. The van der Waals surface area contributed by atoms with Crippen molar-refractivity contribution in [2.75, 3.05) is 25.4 Å². The van der Waals surface area contributed by atoms with Crippen LogP contribution in [0.15, 0.2) is 5.11 Å². The molecular weight excluding hydrogens is 252 g/mol. The lowest BCUT2D eigenvalue weighted by atomic mass is 9.89. The lowest BCUT2D eigenvalue weighted by molar-refractivity contribution is -0.151. The van der Waals surface area contributed by atoms with E-state index >= 15 is 0 Å². The third kappa shape index (κ3) is 3.54.